The first-order chi connectivity index (χ1) is 11.3. The minimum absolute atomic E-state index is 0.00571. The smallest absolute Gasteiger partial charge is 0.161 e. The summed E-state index contributed by atoms with van der Waals surface area (Å²) in [6.45, 7) is 7.09. The number of rotatable bonds is 11. The van der Waals surface area contributed by atoms with E-state index in [1.54, 1.807) is 0 Å². The maximum absolute atomic E-state index is 5.86. The Bertz CT molecular complexity index is 435. The van der Waals surface area contributed by atoms with Crippen LogP contribution in [-0.4, -0.2) is 38.6 Å². The van der Waals surface area contributed by atoms with Gasteiger partial charge in [0, 0.05) is 13.2 Å². The fourth-order valence-corrected chi connectivity index (χ4v) is 2.42. The van der Waals surface area contributed by atoms with Gasteiger partial charge < -0.3 is 18.9 Å². The third kappa shape index (κ3) is 6.80. The molecule has 0 bridgehead atoms. The first-order valence-corrected chi connectivity index (χ1v) is 8.87. The summed E-state index contributed by atoms with van der Waals surface area (Å²) >= 11 is 0. The Hall–Kier alpha value is -1.26. The molecule has 1 aromatic carbocycles. The van der Waals surface area contributed by atoms with E-state index in [4.69, 9.17) is 18.9 Å². The van der Waals surface area contributed by atoms with Crippen LogP contribution in [0.15, 0.2) is 24.3 Å². The number of benzene rings is 1. The largest absolute Gasteiger partial charge is 0.486 e. The highest BCUT2D eigenvalue weighted by atomic mass is 16.6. The van der Waals surface area contributed by atoms with Gasteiger partial charge in [-0.3, -0.25) is 0 Å². The molecule has 0 saturated carbocycles. The van der Waals surface area contributed by atoms with Crippen molar-refractivity contribution < 1.29 is 18.9 Å². The fourth-order valence-electron chi connectivity index (χ4n) is 2.42. The van der Waals surface area contributed by atoms with Crippen LogP contribution in [0.5, 0.6) is 11.5 Å². The van der Waals surface area contributed by atoms with E-state index in [0.717, 1.165) is 44.0 Å². The van der Waals surface area contributed by atoms with E-state index >= 15 is 0 Å². The lowest BCUT2D eigenvalue weighted by Crippen LogP contribution is -2.33. The lowest BCUT2D eigenvalue weighted by atomic mass is 10.2. The number of hydrogen-bond donors (Lipinski definition) is 0. The van der Waals surface area contributed by atoms with Gasteiger partial charge >= 0.3 is 0 Å². The lowest BCUT2D eigenvalue weighted by molar-refractivity contribution is 0.00755. The van der Waals surface area contributed by atoms with E-state index in [-0.39, 0.29) is 6.10 Å². The van der Waals surface area contributed by atoms with Crippen LogP contribution in [0.3, 0.4) is 0 Å². The van der Waals surface area contributed by atoms with Crippen LogP contribution >= 0.6 is 0 Å². The van der Waals surface area contributed by atoms with Crippen molar-refractivity contribution in [2.45, 2.75) is 58.2 Å². The molecule has 4 heteroatoms. The molecule has 0 saturated heterocycles. The van der Waals surface area contributed by atoms with E-state index in [1.165, 1.54) is 12.8 Å². The number of unbranched alkanes of at least 4 members (excludes halogenated alkanes) is 3. The summed E-state index contributed by atoms with van der Waals surface area (Å²) in [6.07, 6.45) is 6.10. The van der Waals surface area contributed by atoms with E-state index in [1.807, 2.05) is 24.3 Å². The van der Waals surface area contributed by atoms with Crippen LogP contribution in [-0.2, 0) is 9.47 Å². The van der Waals surface area contributed by atoms with Crippen LogP contribution in [0.2, 0.25) is 0 Å². The highest BCUT2D eigenvalue weighted by molar-refractivity contribution is 5.40. The number of fused-ring (bicyclic) bond motifs is 1. The quantitative estimate of drug-likeness (QED) is 0.572. The Kier molecular flexibility index (Phi) is 8.26. The molecule has 1 aliphatic rings. The molecular formula is C19H30O4. The first-order valence-electron chi connectivity index (χ1n) is 8.87. The highest BCUT2D eigenvalue weighted by Crippen LogP contribution is 2.30. The summed E-state index contributed by atoms with van der Waals surface area (Å²) in [5.74, 6) is 1.64. The summed E-state index contributed by atoms with van der Waals surface area (Å²) in [5, 5.41) is 0. The summed E-state index contributed by atoms with van der Waals surface area (Å²) in [4.78, 5) is 0. The van der Waals surface area contributed by atoms with Crippen molar-refractivity contribution in [3.05, 3.63) is 24.3 Å². The summed E-state index contributed by atoms with van der Waals surface area (Å²) in [5.41, 5.74) is 0. The van der Waals surface area contributed by atoms with Crippen LogP contribution in [0.4, 0.5) is 0 Å². The second-order valence-corrected chi connectivity index (χ2v) is 6.08. The van der Waals surface area contributed by atoms with Gasteiger partial charge in [0.05, 0.1) is 12.7 Å². The second-order valence-electron chi connectivity index (χ2n) is 6.08. The van der Waals surface area contributed by atoms with E-state index in [9.17, 15) is 0 Å². The molecule has 1 aromatic rings. The maximum Gasteiger partial charge on any atom is 0.161 e. The normalized spacial score (nSPS) is 17.9. The molecule has 0 aromatic heterocycles. The molecule has 0 amide bonds. The Morgan fingerprint density at radius 1 is 1.09 bits per heavy atom. The minimum Gasteiger partial charge on any atom is -0.486 e. The molecule has 1 heterocycles. The average molecular weight is 322 g/mol. The molecule has 0 N–H and O–H groups in total. The summed E-state index contributed by atoms with van der Waals surface area (Å²) in [7, 11) is 0. The maximum atomic E-state index is 5.86. The first kappa shape index (κ1) is 18.1. The van der Waals surface area contributed by atoms with Crippen LogP contribution < -0.4 is 9.47 Å². The predicted molar refractivity (Wildman–Crippen MR) is 91.3 cm³/mol. The lowest BCUT2D eigenvalue weighted by Gasteiger charge is -2.26. The second kappa shape index (κ2) is 10.5. The minimum atomic E-state index is -0.00571. The Labute approximate surface area is 140 Å². The summed E-state index contributed by atoms with van der Waals surface area (Å²) in [6, 6.07) is 7.77. The fraction of sp³-hybridized carbons (Fsp3) is 0.684. The molecule has 4 nitrogen and oxygen atoms in total. The average Bonchev–Trinajstić information content (AvgIpc) is 2.59. The van der Waals surface area contributed by atoms with Gasteiger partial charge in [0.1, 0.15) is 6.61 Å². The van der Waals surface area contributed by atoms with E-state index in [2.05, 4.69) is 13.8 Å². The molecule has 2 unspecified atom stereocenters. The monoisotopic (exact) mass is 322 g/mol. The van der Waals surface area contributed by atoms with Crippen molar-refractivity contribution >= 4 is 0 Å². The molecule has 0 aliphatic carbocycles. The van der Waals surface area contributed by atoms with Gasteiger partial charge in [-0.15, -0.1) is 0 Å². The van der Waals surface area contributed by atoms with Gasteiger partial charge in [0.2, 0.25) is 0 Å². The van der Waals surface area contributed by atoms with Gasteiger partial charge in [-0.25, -0.2) is 0 Å². The molecule has 2 rings (SSSR count). The number of para-hydroxylation sites is 2. The van der Waals surface area contributed by atoms with Gasteiger partial charge in [0.15, 0.2) is 17.6 Å². The van der Waals surface area contributed by atoms with E-state index < -0.39 is 0 Å². The number of ether oxygens (including phenoxy) is 4. The van der Waals surface area contributed by atoms with Crippen LogP contribution in [0, 0.1) is 0 Å². The van der Waals surface area contributed by atoms with Crippen molar-refractivity contribution in [3.63, 3.8) is 0 Å². The van der Waals surface area contributed by atoms with Crippen molar-refractivity contribution in [1.82, 2.24) is 0 Å². The van der Waals surface area contributed by atoms with Gasteiger partial charge in [0.25, 0.3) is 0 Å². The van der Waals surface area contributed by atoms with Crippen molar-refractivity contribution in [1.29, 1.82) is 0 Å². The van der Waals surface area contributed by atoms with Crippen molar-refractivity contribution in [2.75, 3.05) is 26.4 Å². The zero-order chi connectivity index (χ0) is 16.3. The molecule has 0 fully saturated rings. The number of hydrogen-bond acceptors (Lipinski definition) is 4. The zero-order valence-corrected chi connectivity index (χ0v) is 14.5. The van der Waals surface area contributed by atoms with E-state index in [0.29, 0.717) is 19.3 Å². The highest BCUT2D eigenvalue weighted by Gasteiger charge is 2.20. The van der Waals surface area contributed by atoms with Crippen LogP contribution in [0.1, 0.15) is 46.0 Å². The van der Waals surface area contributed by atoms with Gasteiger partial charge in [-0.2, -0.15) is 0 Å². The molecule has 23 heavy (non-hydrogen) atoms. The topological polar surface area (TPSA) is 36.9 Å². The molecule has 2 atom stereocenters. The van der Waals surface area contributed by atoms with Gasteiger partial charge in [-0.1, -0.05) is 31.9 Å². The van der Waals surface area contributed by atoms with Crippen molar-refractivity contribution in [2.24, 2.45) is 0 Å². The third-order valence-electron chi connectivity index (χ3n) is 4.03. The summed E-state index contributed by atoms with van der Waals surface area (Å²) < 4.78 is 22.9. The zero-order valence-electron chi connectivity index (χ0n) is 14.5. The molecule has 1 aliphatic heterocycles. The molecular weight excluding hydrogens is 292 g/mol. The standard InChI is InChI=1S/C19H30O4/c1-3-16(2)21-13-9-5-4-8-12-20-14-17-15-22-18-10-6-7-11-19(18)23-17/h6-7,10-11,16-17H,3-5,8-9,12-15H2,1-2H3. The Morgan fingerprint density at radius 2 is 1.83 bits per heavy atom. The molecule has 130 valence electrons. The molecule has 0 radical (unpaired) electrons. The third-order valence-corrected chi connectivity index (χ3v) is 4.03. The SMILES string of the molecule is CCC(C)OCCCCCCOCC1COc2ccccc2O1. The Balaban J connectivity index is 1.44. The predicted octanol–water partition coefficient (Wildman–Crippen LogP) is 4.22. The molecule has 0 spiro atoms. The van der Waals surface area contributed by atoms with Crippen LogP contribution in [0.25, 0.3) is 0 Å². The Morgan fingerprint density at radius 3 is 2.61 bits per heavy atom. The van der Waals surface area contributed by atoms with Crippen molar-refractivity contribution in [3.8, 4) is 11.5 Å². The van der Waals surface area contributed by atoms with Gasteiger partial charge in [-0.05, 0) is 38.3 Å².